The minimum atomic E-state index is 0.188. The summed E-state index contributed by atoms with van der Waals surface area (Å²) in [5.74, 6) is 1.85. The lowest BCUT2D eigenvalue weighted by Gasteiger charge is -2.23. The number of nitrogens with one attached hydrogen (secondary N) is 1. The van der Waals surface area contributed by atoms with E-state index < -0.39 is 0 Å². The van der Waals surface area contributed by atoms with Crippen LogP contribution in [0.25, 0.3) is 0 Å². The molecule has 3 rings (SSSR count). The monoisotopic (exact) mass is 351 g/mol. The highest BCUT2D eigenvalue weighted by Gasteiger charge is 2.16. The highest BCUT2D eigenvalue weighted by Crippen LogP contribution is 2.21. The fraction of sp³-hybridized carbons (Fsp3) is 0.286. The zero-order valence-electron chi connectivity index (χ0n) is 15.3. The van der Waals surface area contributed by atoms with Gasteiger partial charge in [-0.3, -0.25) is 9.88 Å². The van der Waals surface area contributed by atoms with E-state index in [9.17, 15) is 0 Å². The molecule has 0 radical (unpaired) electrons. The lowest BCUT2D eigenvalue weighted by atomic mass is 10.1. The second kappa shape index (κ2) is 9.17. The summed E-state index contributed by atoms with van der Waals surface area (Å²) in [7, 11) is 4.11. The number of likely N-dealkylation sites (N-methyl/N-ethyl adjacent to an activating group) is 1. The molecule has 2 heterocycles. The van der Waals surface area contributed by atoms with Crippen molar-refractivity contribution in [3.8, 4) is 5.75 Å². The van der Waals surface area contributed by atoms with Gasteiger partial charge in [-0.2, -0.15) is 0 Å². The van der Waals surface area contributed by atoms with Gasteiger partial charge in [0.25, 0.3) is 0 Å². The first-order chi connectivity index (χ1) is 12.7. The summed E-state index contributed by atoms with van der Waals surface area (Å²) in [5, 5.41) is 3.52. The van der Waals surface area contributed by atoms with Crippen LogP contribution in [-0.4, -0.2) is 30.5 Å². The maximum absolute atomic E-state index is 5.99. The quantitative estimate of drug-likeness (QED) is 0.638. The highest BCUT2D eigenvalue weighted by molar-refractivity contribution is 5.33. The Morgan fingerprint density at radius 1 is 1.12 bits per heavy atom. The smallest absolute Gasteiger partial charge is 0.124 e. The van der Waals surface area contributed by atoms with Crippen molar-refractivity contribution < 1.29 is 9.15 Å². The second-order valence-corrected chi connectivity index (χ2v) is 6.38. The van der Waals surface area contributed by atoms with Crippen molar-refractivity contribution in [1.82, 2.24) is 15.2 Å². The molecule has 0 saturated carbocycles. The van der Waals surface area contributed by atoms with Crippen molar-refractivity contribution in [1.29, 1.82) is 0 Å². The molecule has 0 aliphatic carbocycles. The van der Waals surface area contributed by atoms with E-state index in [1.807, 2.05) is 48.7 Å². The summed E-state index contributed by atoms with van der Waals surface area (Å²) in [6.45, 7) is 2.03. The van der Waals surface area contributed by atoms with Crippen LogP contribution in [0.1, 0.15) is 22.9 Å². The molecule has 0 aliphatic rings. The largest absolute Gasteiger partial charge is 0.489 e. The van der Waals surface area contributed by atoms with Crippen molar-refractivity contribution in [3.63, 3.8) is 0 Å². The molecule has 0 bridgehead atoms. The Bertz CT molecular complexity index is 773. The summed E-state index contributed by atoms with van der Waals surface area (Å²) in [5.41, 5.74) is 2.19. The second-order valence-electron chi connectivity index (χ2n) is 6.38. The molecule has 5 heteroatoms. The van der Waals surface area contributed by atoms with Crippen LogP contribution >= 0.6 is 0 Å². The van der Waals surface area contributed by atoms with Crippen LogP contribution in [0.2, 0.25) is 0 Å². The average Bonchev–Trinajstić information content (AvgIpc) is 3.19. The third kappa shape index (κ3) is 4.94. The summed E-state index contributed by atoms with van der Waals surface area (Å²) >= 11 is 0. The van der Waals surface area contributed by atoms with Gasteiger partial charge >= 0.3 is 0 Å². The Kier molecular flexibility index (Phi) is 6.41. The zero-order chi connectivity index (χ0) is 18.2. The van der Waals surface area contributed by atoms with Gasteiger partial charge in [-0.1, -0.05) is 24.3 Å². The minimum absolute atomic E-state index is 0.188. The van der Waals surface area contributed by atoms with E-state index in [2.05, 4.69) is 35.4 Å². The van der Waals surface area contributed by atoms with E-state index in [0.717, 1.165) is 35.7 Å². The van der Waals surface area contributed by atoms with Gasteiger partial charge in [-0.15, -0.1) is 0 Å². The Balaban J connectivity index is 1.58. The third-order valence-corrected chi connectivity index (χ3v) is 4.24. The highest BCUT2D eigenvalue weighted by atomic mass is 16.5. The van der Waals surface area contributed by atoms with Gasteiger partial charge in [-0.05, 0) is 38.4 Å². The number of furan rings is 1. The summed E-state index contributed by atoms with van der Waals surface area (Å²) < 4.78 is 11.6. The number of benzene rings is 1. The van der Waals surface area contributed by atoms with Crippen LogP contribution in [0.4, 0.5) is 0 Å². The van der Waals surface area contributed by atoms with Crippen LogP contribution in [-0.2, 0) is 13.2 Å². The van der Waals surface area contributed by atoms with Gasteiger partial charge in [0.05, 0.1) is 12.3 Å². The molecule has 1 atom stereocenters. The number of hydrogen-bond donors (Lipinski definition) is 1. The van der Waals surface area contributed by atoms with Crippen molar-refractivity contribution >= 4 is 0 Å². The molecule has 0 spiro atoms. The number of hydrogen-bond acceptors (Lipinski definition) is 5. The summed E-state index contributed by atoms with van der Waals surface area (Å²) in [4.78, 5) is 6.27. The number of rotatable bonds is 9. The van der Waals surface area contributed by atoms with Crippen LogP contribution in [0.3, 0.4) is 0 Å². The van der Waals surface area contributed by atoms with Crippen molar-refractivity contribution in [2.75, 3.05) is 20.6 Å². The Morgan fingerprint density at radius 3 is 2.73 bits per heavy atom. The van der Waals surface area contributed by atoms with Gasteiger partial charge in [0.1, 0.15) is 18.1 Å². The maximum Gasteiger partial charge on any atom is 0.124 e. The van der Waals surface area contributed by atoms with Crippen LogP contribution < -0.4 is 10.1 Å². The molecular weight excluding hydrogens is 326 g/mol. The molecule has 0 aliphatic heterocycles. The lowest BCUT2D eigenvalue weighted by Crippen LogP contribution is -2.30. The molecule has 0 saturated heterocycles. The van der Waals surface area contributed by atoms with Gasteiger partial charge in [0.2, 0.25) is 0 Å². The van der Waals surface area contributed by atoms with Gasteiger partial charge in [-0.25, -0.2) is 0 Å². The molecule has 0 amide bonds. The number of para-hydroxylation sites is 1. The normalized spacial score (nSPS) is 12.3. The fourth-order valence-corrected chi connectivity index (χ4v) is 2.80. The van der Waals surface area contributed by atoms with E-state index in [-0.39, 0.29) is 6.04 Å². The molecule has 3 aromatic rings. The Morgan fingerprint density at radius 2 is 2.00 bits per heavy atom. The van der Waals surface area contributed by atoms with Gasteiger partial charge in [0.15, 0.2) is 0 Å². The fourth-order valence-electron chi connectivity index (χ4n) is 2.80. The summed E-state index contributed by atoms with van der Waals surface area (Å²) in [6, 6.07) is 16.2. The molecular formula is C21H25N3O2. The third-order valence-electron chi connectivity index (χ3n) is 4.24. The Hall–Kier alpha value is -2.63. The van der Waals surface area contributed by atoms with Crippen molar-refractivity contribution in [2.45, 2.75) is 19.2 Å². The number of ether oxygens (including phenoxy) is 1. The van der Waals surface area contributed by atoms with Crippen LogP contribution in [0.15, 0.2) is 71.6 Å². The first-order valence-electron chi connectivity index (χ1n) is 8.74. The molecule has 1 unspecified atom stereocenters. The molecule has 136 valence electrons. The first kappa shape index (κ1) is 18.2. The standard InChI is InChI=1S/C21H25N3O2/c1-24(2)19(21-10-6-12-25-21)15-23-14-18-8-3-4-9-20(18)26-16-17-7-5-11-22-13-17/h3-13,19,23H,14-16H2,1-2H3. The lowest BCUT2D eigenvalue weighted by molar-refractivity contribution is 0.249. The van der Waals surface area contributed by atoms with Gasteiger partial charge < -0.3 is 14.5 Å². The molecule has 26 heavy (non-hydrogen) atoms. The van der Waals surface area contributed by atoms with E-state index in [4.69, 9.17) is 9.15 Å². The average molecular weight is 351 g/mol. The topological polar surface area (TPSA) is 50.5 Å². The zero-order valence-corrected chi connectivity index (χ0v) is 15.3. The summed E-state index contributed by atoms with van der Waals surface area (Å²) in [6.07, 6.45) is 5.31. The minimum Gasteiger partial charge on any atom is -0.489 e. The SMILES string of the molecule is CN(C)C(CNCc1ccccc1OCc1cccnc1)c1ccco1. The number of pyridine rings is 1. The predicted octanol–water partition coefficient (Wildman–Crippen LogP) is 3.65. The number of aromatic nitrogens is 1. The van der Waals surface area contributed by atoms with E-state index in [1.165, 1.54) is 0 Å². The van der Waals surface area contributed by atoms with Crippen molar-refractivity contribution in [3.05, 3.63) is 84.1 Å². The predicted molar refractivity (Wildman–Crippen MR) is 102 cm³/mol. The van der Waals surface area contributed by atoms with E-state index in [0.29, 0.717) is 6.61 Å². The molecule has 2 aromatic heterocycles. The van der Waals surface area contributed by atoms with Crippen molar-refractivity contribution in [2.24, 2.45) is 0 Å². The number of nitrogens with zero attached hydrogens (tertiary/aromatic N) is 2. The molecule has 5 nitrogen and oxygen atoms in total. The van der Waals surface area contributed by atoms with E-state index in [1.54, 1.807) is 12.5 Å². The Labute approximate surface area is 154 Å². The van der Waals surface area contributed by atoms with E-state index >= 15 is 0 Å². The molecule has 1 N–H and O–H groups in total. The molecule has 1 aromatic carbocycles. The molecule has 0 fully saturated rings. The van der Waals surface area contributed by atoms with Crippen LogP contribution in [0.5, 0.6) is 5.75 Å². The maximum atomic E-state index is 5.99. The van der Waals surface area contributed by atoms with Gasteiger partial charge in [0, 0.05) is 36.6 Å². The van der Waals surface area contributed by atoms with Crippen LogP contribution in [0, 0.1) is 0 Å². The first-order valence-corrected chi connectivity index (χ1v) is 8.74.